The molecule has 0 radical (unpaired) electrons. The van der Waals surface area contributed by atoms with E-state index in [1.165, 1.54) is 19.1 Å². The third-order valence-electron chi connectivity index (χ3n) is 3.32. The van der Waals surface area contributed by atoms with Crippen molar-refractivity contribution in [3.8, 4) is 0 Å². The minimum absolute atomic E-state index is 0.0573. The summed E-state index contributed by atoms with van der Waals surface area (Å²) in [6.45, 7) is 3.50. The predicted molar refractivity (Wildman–Crippen MR) is 71.9 cm³/mol. The molecular weight excluding hydrogens is 269 g/mol. The van der Waals surface area contributed by atoms with E-state index >= 15 is 0 Å². The van der Waals surface area contributed by atoms with E-state index in [1.807, 2.05) is 4.90 Å². The van der Waals surface area contributed by atoms with E-state index in [-0.39, 0.29) is 23.3 Å². The summed E-state index contributed by atoms with van der Waals surface area (Å²) in [4.78, 5) is 13.4. The van der Waals surface area contributed by atoms with Gasteiger partial charge in [0, 0.05) is 23.8 Å². The zero-order valence-corrected chi connectivity index (χ0v) is 11.7. The third kappa shape index (κ3) is 2.94. The van der Waals surface area contributed by atoms with Gasteiger partial charge >= 0.3 is 0 Å². The molecule has 104 valence electrons. The quantitative estimate of drug-likeness (QED) is 0.775. The summed E-state index contributed by atoms with van der Waals surface area (Å²) < 4.78 is 36.3. The Morgan fingerprint density at radius 1 is 1.42 bits per heavy atom. The lowest BCUT2D eigenvalue weighted by Gasteiger charge is -2.36. The minimum atomic E-state index is -3.01. The van der Waals surface area contributed by atoms with E-state index in [0.717, 1.165) is 0 Å². The van der Waals surface area contributed by atoms with Crippen molar-refractivity contribution in [3.63, 3.8) is 0 Å². The average molecular weight is 285 g/mol. The molecule has 1 aromatic carbocycles. The van der Waals surface area contributed by atoms with Gasteiger partial charge in [0.25, 0.3) is 0 Å². The first-order chi connectivity index (χ1) is 8.80. The smallest absolute Gasteiger partial charge is 0.161 e. The number of hydrogen-bond donors (Lipinski definition) is 0. The number of hydrogen-bond acceptors (Lipinski definition) is 4. The van der Waals surface area contributed by atoms with Crippen LogP contribution in [-0.4, -0.2) is 38.3 Å². The Labute approximate surface area is 112 Å². The maximum atomic E-state index is 13.2. The summed E-state index contributed by atoms with van der Waals surface area (Å²) in [6, 6.07) is 3.81. The Balaban J connectivity index is 2.40. The van der Waals surface area contributed by atoms with E-state index in [2.05, 4.69) is 0 Å². The van der Waals surface area contributed by atoms with Crippen molar-refractivity contribution in [1.82, 2.24) is 0 Å². The van der Waals surface area contributed by atoms with E-state index in [1.54, 1.807) is 13.0 Å². The highest BCUT2D eigenvalue weighted by Crippen LogP contribution is 2.26. The van der Waals surface area contributed by atoms with Crippen LogP contribution in [0.1, 0.15) is 24.2 Å². The van der Waals surface area contributed by atoms with Crippen LogP contribution >= 0.6 is 0 Å². The molecule has 0 bridgehead atoms. The highest BCUT2D eigenvalue weighted by molar-refractivity contribution is 7.91. The summed E-state index contributed by atoms with van der Waals surface area (Å²) in [5.74, 6) is -0.574. The minimum Gasteiger partial charge on any atom is -0.366 e. The standard InChI is InChI=1S/C13H16FNO3S/c1-9-8-19(17,18)6-5-15(9)13-4-3-11(14)7-12(13)10(2)16/h3-4,7,9H,5-6,8H2,1-2H3. The van der Waals surface area contributed by atoms with Gasteiger partial charge in [-0.25, -0.2) is 12.8 Å². The molecule has 1 unspecified atom stereocenters. The van der Waals surface area contributed by atoms with Crippen molar-refractivity contribution in [1.29, 1.82) is 0 Å². The molecule has 1 heterocycles. The number of nitrogens with zero attached hydrogens (tertiary/aromatic N) is 1. The maximum absolute atomic E-state index is 13.2. The fourth-order valence-corrected chi connectivity index (χ4v) is 3.95. The van der Waals surface area contributed by atoms with Crippen LogP contribution in [0.3, 0.4) is 0 Å². The normalized spacial score (nSPS) is 22.3. The van der Waals surface area contributed by atoms with Crippen LogP contribution in [0, 0.1) is 5.82 Å². The number of carbonyl (C=O) groups excluding carboxylic acids is 1. The van der Waals surface area contributed by atoms with Gasteiger partial charge in [-0.2, -0.15) is 0 Å². The van der Waals surface area contributed by atoms with Gasteiger partial charge in [0.1, 0.15) is 5.82 Å². The Hall–Kier alpha value is -1.43. The molecule has 2 rings (SSSR count). The second kappa shape index (κ2) is 4.92. The van der Waals surface area contributed by atoms with Crippen LogP contribution in [0.2, 0.25) is 0 Å². The van der Waals surface area contributed by atoms with Crippen LogP contribution in [0.4, 0.5) is 10.1 Å². The number of rotatable bonds is 2. The van der Waals surface area contributed by atoms with Crippen LogP contribution in [0.25, 0.3) is 0 Å². The van der Waals surface area contributed by atoms with Crippen molar-refractivity contribution in [3.05, 3.63) is 29.6 Å². The summed E-state index contributed by atoms with van der Waals surface area (Å²) in [6.07, 6.45) is 0. The molecule has 4 nitrogen and oxygen atoms in total. The lowest BCUT2D eigenvalue weighted by atomic mass is 10.1. The van der Waals surface area contributed by atoms with Gasteiger partial charge in [-0.15, -0.1) is 0 Å². The van der Waals surface area contributed by atoms with E-state index in [4.69, 9.17) is 0 Å². The molecule has 0 N–H and O–H groups in total. The van der Waals surface area contributed by atoms with Crippen molar-refractivity contribution in [2.45, 2.75) is 19.9 Å². The van der Waals surface area contributed by atoms with Crippen molar-refractivity contribution >= 4 is 21.3 Å². The Morgan fingerprint density at radius 3 is 2.68 bits per heavy atom. The number of halogens is 1. The highest BCUT2D eigenvalue weighted by Gasteiger charge is 2.29. The average Bonchev–Trinajstić information content (AvgIpc) is 2.28. The maximum Gasteiger partial charge on any atom is 0.161 e. The van der Waals surface area contributed by atoms with Crippen LogP contribution in [-0.2, 0) is 9.84 Å². The molecule has 0 amide bonds. The zero-order chi connectivity index (χ0) is 14.2. The Kier molecular flexibility index (Phi) is 3.62. The first-order valence-corrected chi connectivity index (χ1v) is 7.90. The van der Waals surface area contributed by atoms with Gasteiger partial charge in [0.05, 0.1) is 11.5 Å². The van der Waals surface area contributed by atoms with Crippen LogP contribution in [0.15, 0.2) is 18.2 Å². The molecule has 1 fully saturated rings. The molecule has 6 heteroatoms. The van der Waals surface area contributed by atoms with Crippen molar-refractivity contribution < 1.29 is 17.6 Å². The predicted octanol–water partition coefficient (Wildman–Crippen LogP) is 1.65. The van der Waals surface area contributed by atoms with E-state index in [0.29, 0.717) is 17.8 Å². The Morgan fingerprint density at radius 2 is 2.11 bits per heavy atom. The second-order valence-electron chi connectivity index (χ2n) is 4.87. The number of sulfone groups is 1. The molecule has 0 saturated carbocycles. The number of benzene rings is 1. The third-order valence-corrected chi connectivity index (χ3v) is 5.11. The molecule has 1 aliphatic heterocycles. The zero-order valence-electron chi connectivity index (χ0n) is 10.9. The molecule has 1 atom stereocenters. The first-order valence-electron chi connectivity index (χ1n) is 6.08. The largest absolute Gasteiger partial charge is 0.366 e. The number of Topliss-reactive ketones (excluding diaryl/α,β-unsaturated/α-hetero) is 1. The molecule has 0 aliphatic carbocycles. The summed E-state index contributed by atoms with van der Waals surface area (Å²) >= 11 is 0. The summed E-state index contributed by atoms with van der Waals surface area (Å²) in [7, 11) is -3.01. The molecule has 1 aromatic rings. The van der Waals surface area contributed by atoms with Gasteiger partial charge in [0.2, 0.25) is 0 Å². The fourth-order valence-electron chi connectivity index (χ4n) is 2.40. The monoisotopic (exact) mass is 285 g/mol. The SMILES string of the molecule is CC(=O)c1cc(F)ccc1N1CCS(=O)(=O)CC1C. The second-order valence-corrected chi connectivity index (χ2v) is 7.10. The topological polar surface area (TPSA) is 54.5 Å². The lowest BCUT2D eigenvalue weighted by molar-refractivity contribution is 0.101. The number of carbonyl (C=O) groups is 1. The van der Waals surface area contributed by atoms with Crippen LogP contribution in [0.5, 0.6) is 0 Å². The molecular formula is C13H16FNO3S. The first kappa shape index (κ1) is 14.0. The van der Waals surface area contributed by atoms with Gasteiger partial charge in [-0.1, -0.05) is 0 Å². The Bertz CT molecular complexity index is 612. The molecule has 1 aliphatic rings. The number of ketones is 1. The summed E-state index contributed by atoms with van der Waals surface area (Å²) in [5.41, 5.74) is 0.905. The highest BCUT2D eigenvalue weighted by atomic mass is 32.2. The molecule has 19 heavy (non-hydrogen) atoms. The lowest BCUT2D eigenvalue weighted by Crippen LogP contribution is -2.47. The van der Waals surface area contributed by atoms with Crippen LogP contribution < -0.4 is 4.90 Å². The van der Waals surface area contributed by atoms with Gasteiger partial charge < -0.3 is 4.90 Å². The molecule has 0 spiro atoms. The van der Waals surface area contributed by atoms with E-state index < -0.39 is 15.7 Å². The number of anilines is 1. The van der Waals surface area contributed by atoms with Gasteiger partial charge in [0.15, 0.2) is 15.6 Å². The van der Waals surface area contributed by atoms with Gasteiger partial charge in [-0.05, 0) is 32.0 Å². The van der Waals surface area contributed by atoms with Gasteiger partial charge in [-0.3, -0.25) is 4.79 Å². The fraction of sp³-hybridized carbons (Fsp3) is 0.462. The van der Waals surface area contributed by atoms with E-state index in [9.17, 15) is 17.6 Å². The van der Waals surface area contributed by atoms with Crippen molar-refractivity contribution in [2.75, 3.05) is 23.0 Å². The molecule has 1 saturated heterocycles. The summed E-state index contributed by atoms with van der Waals surface area (Å²) in [5, 5.41) is 0. The van der Waals surface area contributed by atoms with Crippen molar-refractivity contribution in [2.24, 2.45) is 0 Å². The molecule has 0 aromatic heterocycles.